The lowest BCUT2D eigenvalue weighted by molar-refractivity contribution is -0.144. The summed E-state index contributed by atoms with van der Waals surface area (Å²) in [5.74, 6) is -0.346. The van der Waals surface area contributed by atoms with E-state index in [9.17, 15) is 4.79 Å². The molecule has 1 heterocycles. The maximum atomic E-state index is 12.0. The zero-order valence-corrected chi connectivity index (χ0v) is 12.7. The molecule has 1 aromatic heterocycles. The van der Waals surface area contributed by atoms with E-state index in [1.165, 1.54) is 0 Å². The van der Waals surface area contributed by atoms with E-state index in [1.807, 2.05) is 31.2 Å². The van der Waals surface area contributed by atoms with Crippen molar-refractivity contribution in [2.75, 3.05) is 0 Å². The number of hydrogen-bond donors (Lipinski definition) is 0. The van der Waals surface area contributed by atoms with Gasteiger partial charge in [0.05, 0.1) is 24.3 Å². The average Bonchev–Trinajstić information content (AvgIpc) is 2.95. The van der Waals surface area contributed by atoms with Crippen LogP contribution >= 0.6 is 0 Å². The molecule has 3 rings (SSSR count). The largest absolute Gasteiger partial charge is 0.464 e. The zero-order valence-electron chi connectivity index (χ0n) is 12.7. The summed E-state index contributed by atoms with van der Waals surface area (Å²) in [4.78, 5) is 12.0. The number of nitriles is 1. The van der Waals surface area contributed by atoms with Crippen molar-refractivity contribution in [3.63, 3.8) is 0 Å². The van der Waals surface area contributed by atoms with E-state index in [2.05, 4.69) is 6.07 Å². The molecule has 0 N–H and O–H groups in total. The van der Waals surface area contributed by atoms with Gasteiger partial charge in [0, 0.05) is 16.5 Å². The number of hydrogen-bond acceptors (Lipinski definition) is 4. The van der Waals surface area contributed by atoms with Gasteiger partial charge in [0.15, 0.2) is 0 Å². The van der Waals surface area contributed by atoms with Crippen molar-refractivity contribution in [1.29, 1.82) is 5.26 Å². The van der Waals surface area contributed by atoms with E-state index in [-0.39, 0.29) is 19.0 Å². The summed E-state index contributed by atoms with van der Waals surface area (Å²) in [5.41, 5.74) is 3.90. The van der Waals surface area contributed by atoms with Crippen LogP contribution in [-0.2, 0) is 22.6 Å². The number of aryl methyl sites for hydroxylation is 1. The van der Waals surface area contributed by atoms with Crippen molar-refractivity contribution >= 4 is 16.9 Å². The number of rotatable bonds is 4. The van der Waals surface area contributed by atoms with Crippen LogP contribution in [0.5, 0.6) is 0 Å². The van der Waals surface area contributed by atoms with Crippen LogP contribution in [0.2, 0.25) is 0 Å². The fourth-order valence-electron chi connectivity index (χ4n) is 2.45. The van der Waals surface area contributed by atoms with E-state index < -0.39 is 0 Å². The first-order valence-corrected chi connectivity index (χ1v) is 7.28. The van der Waals surface area contributed by atoms with Crippen LogP contribution in [0.15, 0.2) is 53.1 Å². The fourth-order valence-corrected chi connectivity index (χ4v) is 2.45. The highest BCUT2D eigenvalue weighted by molar-refractivity contribution is 5.86. The Hall–Kier alpha value is -3.06. The third-order valence-corrected chi connectivity index (χ3v) is 3.67. The minimum atomic E-state index is -0.346. The fraction of sp³-hybridized carbons (Fsp3) is 0.158. The summed E-state index contributed by atoms with van der Waals surface area (Å²) in [6, 6.07) is 15.0. The van der Waals surface area contributed by atoms with Crippen LogP contribution in [0.25, 0.3) is 11.0 Å². The highest BCUT2D eigenvalue weighted by atomic mass is 16.5. The molecule has 0 radical (unpaired) electrons. The van der Waals surface area contributed by atoms with Gasteiger partial charge in [0.25, 0.3) is 0 Å². The van der Waals surface area contributed by atoms with Crippen molar-refractivity contribution in [3.05, 3.63) is 71.0 Å². The summed E-state index contributed by atoms with van der Waals surface area (Å²) >= 11 is 0. The van der Waals surface area contributed by atoms with Crippen LogP contribution < -0.4 is 0 Å². The summed E-state index contributed by atoms with van der Waals surface area (Å²) < 4.78 is 10.8. The standard InChI is InChI=1S/C19H15NO3/c1-13-6-7-17-16(12-22-18(17)8-13)9-19(21)23-11-15-5-3-2-4-14(15)10-20/h2-8,12H,9,11H2,1H3. The van der Waals surface area contributed by atoms with Crippen LogP contribution in [0, 0.1) is 18.3 Å². The predicted molar refractivity (Wildman–Crippen MR) is 85.6 cm³/mol. The number of carbonyl (C=O) groups excluding carboxylic acids is 1. The summed E-state index contributed by atoms with van der Waals surface area (Å²) in [7, 11) is 0. The van der Waals surface area contributed by atoms with E-state index in [1.54, 1.807) is 24.5 Å². The van der Waals surface area contributed by atoms with Gasteiger partial charge in [-0.25, -0.2) is 0 Å². The molecule has 0 unspecified atom stereocenters. The SMILES string of the molecule is Cc1ccc2c(CC(=O)OCc3ccccc3C#N)coc2c1. The molecule has 4 heteroatoms. The zero-order chi connectivity index (χ0) is 16.2. The molecule has 0 amide bonds. The molecule has 0 aliphatic rings. The molecule has 2 aromatic carbocycles. The van der Waals surface area contributed by atoms with Gasteiger partial charge in [0.2, 0.25) is 0 Å². The van der Waals surface area contributed by atoms with Gasteiger partial charge in [0.1, 0.15) is 12.2 Å². The minimum Gasteiger partial charge on any atom is -0.464 e. The minimum absolute atomic E-state index is 0.0947. The van der Waals surface area contributed by atoms with E-state index in [0.29, 0.717) is 11.1 Å². The van der Waals surface area contributed by atoms with Gasteiger partial charge < -0.3 is 9.15 Å². The first kappa shape index (κ1) is 14.9. The maximum Gasteiger partial charge on any atom is 0.310 e. The van der Waals surface area contributed by atoms with Crippen molar-refractivity contribution in [2.45, 2.75) is 20.0 Å². The second kappa shape index (κ2) is 6.37. The van der Waals surface area contributed by atoms with E-state index in [4.69, 9.17) is 14.4 Å². The molecular weight excluding hydrogens is 290 g/mol. The van der Waals surface area contributed by atoms with Crippen LogP contribution in [-0.4, -0.2) is 5.97 Å². The first-order chi connectivity index (χ1) is 11.2. The van der Waals surface area contributed by atoms with Gasteiger partial charge in [-0.2, -0.15) is 5.26 Å². The molecular formula is C19H15NO3. The van der Waals surface area contributed by atoms with E-state index >= 15 is 0 Å². The Morgan fingerprint density at radius 3 is 2.87 bits per heavy atom. The lowest BCUT2D eigenvalue weighted by atomic mass is 10.1. The maximum absolute atomic E-state index is 12.0. The molecule has 4 nitrogen and oxygen atoms in total. The summed E-state index contributed by atoms with van der Waals surface area (Å²) in [6.07, 6.45) is 1.74. The quantitative estimate of drug-likeness (QED) is 0.686. The molecule has 0 bridgehead atoms. The molecule has 0 saturated carbocycles. The van der Waals surface area contributed by atoms with Gasteiger partial charge in [-0.3, -0.25) is 4.79 Å². The molecule has 0 atom stereocenters. The molecule has 114 valence electrons. The second-order valence-corrected chi connectivity index (χ2v) is 5.37. The Morgan fingerprint density at radius 1 is 1.22 bits per heavy atom. The number of esters is 1. The van der Waals surface area contributed by atoms with Crippen molar-refractivity contribution < 1.29 is 13.9 Å². The normalized spacial score (nSPS) is 10.4. The Morgan fingerprint density at radius 2 is 2.04 bits per heavy atom. The van der Waals surface area contributed by atoms with Crippen LogP contribution in [0.3, 0.4) is 0 Å². The van der Waals surface area contributed by atoms with Crippen molar-refractivity contribution in [3.8, 4) is 6.07 Å². The van der Waals surface area contributed by atoms with Crippen LogP contribution in [0.4, 0.5) is 0 Å². The highest BCUT2D eigenvalue weighted by Crippen LogP contribution is 2.23. The molecule has 0 fully saturated rings. The lowest BCUT2D eigenvalue weighted by Crippen LogP contribution is -2.08. The Balaban J connectivity index is 1.68. The Kier molecular flexibility index (Phi) is 4.11. The average molecular weight is 305 g/mol. The monoisotopic (exact) mass is 305 g/mol. The van der Waals surface area contributed by atoms with Gasteiger partial charge in [-0.1, -0.05) is 30.3 Å². The highest BCUT2D eigenvalue weighted by Gasteiger charge is 2.12. The number of fused-ring (bicyclic) bond motifs is 1. The predicted octanol–water partition coefficient (Wildman–Crippen LogP) is 3.90. The van der Waals surface area contributed by atoms with Crippen LogP contribution in [0.1, 0.15) is 22.3 Å². The Labute approximate surface area is 133 Å². The number of benzene rings is 2. The number of nitrogens with zero attached hydrogens (tertiary/aromatic N) is 1. The van der Waals surface area contributed by atoms with Gasteiger partial charge in [-0.05, 0) is 24.6 Å². The van der Waals surface area contributed by atoms with Gasteiger partial charge >= 0.3 is 5.97 Å². The first-order valence-electron chi connectivity index (χ1n) is 7.28. The van der Waals surface area contributed by atoms with E-state index in [0.717, 1.165) is 22.1 Å². The third kappa shape index (κ3) is 3.24. The molecule has 23 heavy (non-hydrogen) atoms. The third-order valence-electron chi connectivity index (χ3n) is 3.67. The number of carbonyl (C=O) groups is 1. The summed E-state index contributed by atoms with van der Waals surface area (Å²) in [5, 5.41) is 9.95. The molecule has 0 saturated heterocycles. The molecule has 0 spiro atoms. The second-order valence-electron chi connectivity index (χ2n) is 5.37. The topological polar surface area (TPSA) is 63.2 Å². The molecule has 0 aliphatic heterocycles. The molecule has 3 aromatic rings. The number of furan rings is 1. The summed E-state index contributed by atoms with van der Waals surface area (Å²) in [6.45, 7) is 2.08. The van der Waals surface area contributed by atoms with Crippen molar-refractivity contribution in [1.82, 2.24) is 0 Å². The smallest absolute Gasteiger partial charge is 0.310 e. The molecule has 0 aliphatic carbocycles. The number of ether oxygens (including phenoxy) is 1. The Bertz CT molecular complexity index is 902. The van der Waals surface area contributed by atoms with Gasteiger partial charge in [-0.15, -0.1) is 0 Å². The lowest BCUT2D eigenvalue weighted by Gasteiger charge is -2.05. The van der Waals surface area contributed by atoms with Crippen molar-refractivity contribution in [2.24, 2.45) is 0 Å².